The van der Waals surface area contributed by atoms with E-state index in [0.717, 1.165) is 36.1 Å². The zero-order valence-electron chi connectivity index (χ0n) is 22.7. The third-order valence-electron chi connectivity index (χ3n) is 7.08. The van der Waals surface area contributed by atoms with Crippen molar-refractivity contribution < 1.29 is 37.1 Å². The molecule has 1 aliphatic heterocycles. The number of nitrogens with zero attached hydrogens (tertiary/aromatic N) is 3. The lowest BCUT2D eigenvalue weighted by Gasteiger charge is -2.30. The molecule has 1 aromatic heterocycles. The molecule has 2 heterocycles. The Kier molecular flexibility index (Phi) is 8.33. The summed E-state index contributed by atoms with van der Waals surface area (Å²) in [6.07, 6.45) is -2.24. The number of alkyl halides is 3. The van der Waals surface area contributed by atoms with Crippen LogP contribution >= 0.6 is 0 Å². The highest BCUT2D eigenvalue weighted by Gasteiger charge is 2.30. The number of carboxylic acid groups (broad SMARTS) is 1. The van der Waals surface area contributed by atoms with Gasteiger partial charge in [-0.05, 0) is 73.4 Å². The number of aliphatic carboxylic acids is 1. The largest absolute Gasteiger partial charge is 0.481 e. The molecule has 43 heavy (non-hydrogen) atoms. The van der Waals surface area contributed by atoms with Crippen LogP contribution < -0.4 is 15.5 Å². The van der Waals surface area contributed by atoms with Crippen LogP contribution in [0.5, 0.6) is 0 Å². The molecule has 0 radical (unpaired) electrons. The van der Waals surface area contributed by atoms with E-state index in [0.29, 0.717) is 24.2 Å². The van der Waals surface area contributed by atoms with E-state index in [-0.39, 0.29) is 33.7 Å². The number of halogens is 4. The Morgan fingerprint density at radius 3 is 2.37 bits per heavy atom. The van der Waals surface area contributed by atoms with Crippen LogP contribution in [0.4, 0.5) is 34.8 Å². The second-order valence-electron chi connectivity index (χ2n) is 10.2. The third-order valence-corrected chi connectivity index (χ3v) is 7.08. The van der Waals surface area contributed by atoms with Gasteiger partial charge in [-0.15, -0.1) is 0 Å². The minimum Gasteiger partial charge on any atom is -0.481 e. The summed E-state index contributed by atoms with van der Waals surface area (Å²) in [6, 6.07) is 14.1. The van der Waals surface area contributed by atoms with Crippen molar-refractivity contribution in [2.24, 2.45) is 0 Å². The summed E-state index contributed by atoms with van der Waals surface area (Å²) in [5.41, 5.74) is 1.06. The molecular weight excluding hydrogens is 570 g/mol. The van der Waals surface area contributed by atoms with Crippen LogP contribution in [0.2, 0.25) is 0 Å². The molecule has 3 aromatic carbocycles. The summed E-state index contributed by atoms with van der Waals surface area (Å²) in [5.74, 6) is -3.28. The number of fused-ring (bicyclic) bond motifs is 1. The molecule has 1 saturated heterocycles. The van der Waals surface area contributed by atoms with Crippen molar-refractivity contribution in [1.29, 1.82) is 0 Å². The Balaban J connectivity index is 1.49. The quantitative estimate of drug-likeness (QED) is 0.219. The molecule has 0 aliphatic carbocycles. The maximum absolute atomic E-state index is 13.8. The molecule has 9 nitrogen and oxygen atoms in total. The summed E-state index contributed by atoms with van der Waals surface area (Å²) in [4.78, 5) is 40.2. The third kappa shape index (κ3) is 6.93. The smallest absolute Gasteiger partial charge is 0.408 e. The van der Waals surface area contributed by atoms with Gasteiger partial charge in [-0.3, -0.25) is 19.1 Å². The van der Waals surface area contributed by atoms with E-state index in [1.807, 2.05) is 4.90 Å². The molecule has 4 aromatic rings. The minimum atomic E-state index is -4.53. The van der Waals surface area contributed by atoms with Crippen LogP contribution in [0.25, 0.3) is 10.9 Å². The molecule has 224 valence electrons. The first kappa shape index (κ1) is 29.5. The van der Waals surface area contributed by atoms with Crippen molar-refractivity contribution in [3.8, 4) is 0 Å². The maximum atomic E-state index is 13.8. The van der Waals surface area contributed by atoms with Gasteiger partial charge in [0.1, 0.15) is 12.4 Å². The second-order valence-corrected chi connectivity index (χ2v) is 10.2. The molecule has 1 fully saturated rings. The van der Waals surface area contributed by atoms with E-state index >= 15 is 0 Å². The Labute approximate surface area is 243 Å². The van der Waals surface area contributed by atoms with Crippen molar-refractivity contribution in [2.75, 3.05) is 28.6 Å². The van der Waals surface area contributed by atoms with Crippen molar-refractivity contribution >= 4 is 45.9 Å². The number of anilines is 3. The molecular formula is C30H27F4N5O4. The average molecular weight is 598 g/mol. The molecule has 1 aliphatic rings. The van der Waals surface area contributed by atoms with Crippen LogP contribution in [0.1, 0.15) is 45.5 Å². The standard InChI is InChI=1S/C30H27F4N5O4/c31-20-9-10-23(19(14-20)16-26(40)41)35-28(42)18-8-11-24(38-12-4-1-5-13-38)22(15-18)29(43)36-27-21-6-2-3-7-25(21)39(37-27)17-30(32,33)34/h2-3,6-11,14-15H,1,4-5,12-13,16-17H2,(H,35,42)(H,40,41)(H,36,37,43). The van der Waals surface area contributed by atoms with Crippen LogP contribution in [0, 0.1) is 5.82 Å². The topological polar surface area (TPSA) is 117 Å². The maximum Gasteiger partial charge on any atom is 0.408 e. The number of carbonyl (C=O) groups excluding carboxylic acids is 2. The predicted octanol–water partition coefficient (Wildman–Crippen LogP) is 5.86. The normalized spacial score (nSPS) is 13.6. The number of nitrogens with one attached hydrogen (secondary N) is 2. The highest BCUT2D eigenvalue weighted by Crippen LogP contribution is 2.30. The molecule has 0 bridgehead atoms. The zero-order valence-corrected chi connectivity index (χ0v) is 22.7. The van der Waals surface area contributed by atoms with Gasteiger partial charge in [-0.2, -0.15) is 18.3 Å². The first-order chi connectivity index (χ1) is 20.5. The van der Waals surface area contributed by atoms with Gasteiger partial charge in [-0.1, -0.05) is 12.1 Å². The summed E-state index contributed by atoms with van der Waals surface area (Å²) in [5, 5.41) is 18.8. The highest BCUT2D eigenvalue weighted by molar-refractivity contribution is 6.13. The Bertz CT molecular complexity index is 1700. The van der Waals surface area contributed by atoms with E-state index in [9.17, 15) is 37.1 Å². The lowest BCUT2D eigenvalue weighted by atomic mass is 10.0. The number of carbonyl (C=O) groups is 3. The summed E-state index contributed by atoms with van der Waals surface area (Å²) in [6.45, 7) is -0.00248. The van der Waals surface area contributed by atoms with Gasteiger partial charge in [0.05, 0.1) is 17.5 Å². The first-order valence-corrected chi connectivity index (χ1v) is 13.5. The van der Waals surface area contributed by atoms with E-state index < -0.39 is 42.7 Å². The number of carboxylic acids is 1. The summed E-state index contributed by atoms with van der Waals surface area (Å²) >= 11 is 0. The van der Waals surface area contributed by atoms with Gasteiger partial charge >= 0.3 is 12.1 Å². The molecule has 13 heteroatoms. The molecule has 0 unspecified atom stereocenters. The number of aromatic nitrogens is 2. The van der Waals surface area contributed by atoms with Crippen LogP contribution in [0.15, 0.2) is 60.7 Å². The van der Waals surface area contributed by atoms with Gasteiger partial charge in [0.25, 0.3) is 11.8 Å². The van der Waals surface area contributed by atoms with Gasteiger partial charge in [0.15, 0.2) is 5.82 Å². The van der Waals surface area contributed by atoms with Crippen molar-refractivity contribution in [1.82, 2.24) is 9.78 Å². The molecule has 0 spiro atoms. The van der Waals surface area contributed by atoms with Gasteiger partial charge < -0.3 is 20.6 Å². The summed E-state index contributed by atoms with van der Waals surface area (Å²) < 4.78 is 54.2. The van der Waals surface area contributed by atoms with Gasteiger partial charge in [-0.25, -0.2) is 4.39 Å². The zero-order chi connectivity index (χ0) is 30.7. The Hall–Kier alpha value is -4.94. The van der Waals surface area contributed by atoms with Crippen molar-refractivity contribution in [3.05, 3.63) is 83.2 Å². The summed E-state index contributed by atoms with van der Waals surface area (Å²) in [7, 11) is 0. The van der Waals surface area contributed by atoms with E-state index in [1.54, 1.807) is 24.3 Å². The van der Waals surface area contributed by atoms with Crippen LogP contribution in [-0.2, 0) is 17.8 Å². The fourth-order valence-electron chi connectivity index (χ4n) is 5.14. The van der Waals surface area contributed by atoms with Crippen molar-refractivity contribution in [2.45, 2.75) is 38.4 Å². The van der Waals surface area contributed by atoms with Crippen LogP contribution in [0.3, 0.4) is 0 Å². The van der Waals surface area contributed by atoms with E-state index in [2.05, 4.69) is 15.7 Å². The second kappa shape index (κ2) is 12.1. The first-order valence-electron chi connectivity index (χ1n) is 13.5. The van der Waals surface area contributed by atoms with Crippen molar-refractivity contribution in [3.63, 3.8) is 0 Å². The Morgan fingerprint density at radius 2 is 1.65 bits per heavy atom. The molecule has 0 saturated carbocycles. The molecule has 5 rings (SSSR count). The molecule has 2 amide bonds. The molecule has 3 N–H and O–H groups in total. The number of benzene rings is 3. The van der Waals surface area contributed by atoms with Gasteiger partial charge in [0.2, 0.25) is 0 Å². The lowest BCUT2D eigenvalue weighted by Crippen LogP contribution is -2.31. The van der Waals surface area contributed by atoms with Gasteiger partial charge in [0, 0.05) is 35.4 Å². The minimum absolute atomic E-state index is 0.0592. The fraction of sp³-hybridized carbons (Fsp3) is 0.267. The predicted molar refractivity (Wildman–Crippen MR) is 152 cm³/mol. The van der Waals surface area contributed by atoms with Crippen LogP contribution in [-0.4, -0.2) is 51.9 Å². The number of para-hydroxylation sites is 1. The number of piperidine rings is 1. The molecule has 0 atom stereocenters. The average Bonchev–Trinajstić information content (AvgIpc) is 3.29. The number of rotatable bonds is 8. The SMILES string of the molecule is O=C(O)Cc1cc(F)ccc1NC(=O)c1ccc(N2CCCCC2)c(C(=O)Nc2nn(CC(F)(F)F)c3ccccc23)c1. The van der Waals surface area contributed by atoms with E-state index in [1.165, 1.54) is 24.3 Å². The number of hydrogen-bond donors (Lipinski definition) is 3. The highest BCUT2D eigenvalue weighted by atomic mass is 19.4. The Morgan fingerprint density at radius 1 is 0.907 bits per heavy atom. The monoisotopic (exact) mass is 597 g/mol. The lowest BCUT2D eigenvalue weighted by molar-refractivity contribution is -0.141. The fourth-order valence-corrected chi connectivity index (χ4v) is 5.14. The number of amides is 2. The number of hydrogen-bond acceptors (Lipinski definition) is 5. The van der Waals surface area contributed by atoms with E-state index in [4.69, 9.17) is 0 Å².